The third-order valence-corrected chi connectivity index (χ3v) is 6.04. The molecule has 0 aromatic rings. The number of rotatable bonds is 2. The Morgan fingerprint density at radius 1 is 1.17 bits per heavy atom. The van der Waals surface area contributed by atoms with Gasteiger partial charge in [-0.15, -0.1) is 0 Å². The summed E-state index contributed by atoms with van der Waals surface area (Å²) < 4.78 is 0. The van der Waals surface area contributed by atoms with Crippen LogP contribution in [0.5, 0.6) is 0 Å². The molecule has 2 aliphatic heterocycles. The Morgan fingerprint density at radius 2 is 2.11 bits per heavy atom. The van der Waals surface area contributed by atoms with Crippen LogP contribution in [0.4, 0.5) is 0 Å². The number of aliphatic imine (C=N–C) groups is 1. The van der Waals surface area contributed by atoms with Gasteiger partial charge in [0.2, 0.25) is 0 Å². The van der Waals surface area contributed by atoms with E-state index in [1.807, 2.05) is 11.8 Å². The molecule has 0 aromatic carbocycles. The van der Waals surface area contributed by atoms with E-state index in [9.17, 15) is 0 Å². The second kappa shape index (κ2) is 4.71. The van der Waals surface area contributed by atoms with E-state index >= 15 is 0 Å². The van der Waals surface area contributed by atoms with Crippen molar-refractivity contribution in [2.45, 2.75) is 56.7 Å². The van der Waals surface area contributed by atoms with Gasteiger partial charge < -0.3 is 5.32 Å². The lowest BCUT2D eigenvalue weighted by molar-refractivity contribution is 0.322. The number of fused-ring (bicyclic) bond motifs is 1. The molecule has 0 amide bonds. The molecule has 3 fully saturated rings. The maximum atomic E-state index is 4.94. The monoisotopic (exact) mass is 265 g/mol. The smallest absolute Gasteiger partial charge is 0.157 e. The standard InChI is InChI=1S/C14H23N3S/c1-2-10-9-18-14(16-13(10)3-1)15-11-6-7-17(8-11)12-4-5-12/h10-13H,1-9H2,(H,15,16). The molecule has 1 N–H and O–H groups in total. The summed E-state index contributed by atoms with van der Waals surface area (Å²) in [5.74, 6) is 2.18. The fourth-order valence-electron chi connectivity index (χ4n) is 3.69. The summed E-state index contributed by atoms with van der Waals surface area (Å²) in [6.45, 7) is 2.55. The van der Waals surface area contributed by atoms with Crippen molar-refractivity contribution in [1.29, 1.82) is 0 Å². The van der Waals surface area contributed by atoms with Gasteiger partial charge in [-0.05, 0) is 38.0 Å². The first kappa shape index (κ1) is 11.6. The second-order valence-electron chi connectivity index (χ2n) is 6.36. The molecule has 0 radical (unpaired) electrons. The van der Waals surface area contributed by atoms with Gasteiger partial charge in [0.05, 0.1) is 6.04 Å². The average Bonchev–Trinajstić information content (AvgIpc) is 2.95. The molecular formula is C14H23N3S. The summed E-state index contributed by atoms with van der Waals surface area (Å²) in [6, 6.07) is 2.24. The van der Waals surface area contributed by atoms with Gasteiger partial charge in [0.15, 0.2) is 5.17 Å². The molecule has 3 unspecified atom stereocenters. The predicted molar refractivity (Wildman–Crippen MR) is 77.2 cm³/mol. The van der Waals surface area contributed by atoms with E-state index in [2.05, 4.69) is 10.2 Å². The Labute approximate surface area is 114 Å². The maximum absolute atomic E-state index is 4.94. The molecule has 3 atom stereocenters. The summed E-state index contributed by atoms with van der Waals surface area (Å²) in [7, 11) is 0. The van der Waals surface area contributed by atoms with Crippen molar-refractivity contribution in [1.82, 2.24) is 10.2 Å². The Hall–Kier alpha value is -0.220. The number of hydrogen-bond acceptors (Lipinski definition) is 4. The van der Waals surface area contributed by atoms with Gasteiger partial charge in [-0.1, -0.05) is 18.2 Å². The van der Waals surface area contributed by atoms with Crippen molar-refractivity contribution in [2.75, 3.05) is 18.8 Å². The fraction of sp³-hybridized carbons (Fsp3) is 0.929. The molecule has 4 rings (SSSR count). The van der Waals surface area contributed by atoms with E-state index in [0.717, 1.165) is 12.0 Å². The van der Waals surface area contributed by atoms with Crippen LogP contribution in [0.15, 0.2) is 4.99 Å². The summed E-state index contributed by atoms with van der Waals surface area (Å²) in [5.41, 5.74) is 0. The number of nitrogens with zero attached hydrogens (tertiary/aromatic N) is 2. The molecule has 0 bridgehead atoms. The van der Waals surface area contributed by atoms with Gasteiger partial charge in [-0.2, -0.15) is 0 Å². The van der Waals surface area contributed by atoms with Gasteiger partial charge in [-0.3, -0.25) is 9.89 Å². The SMILES string of the molecule is C1CC2CSC(NC3CCN(C4CC4)C3)=NC2C1. The highest BCUT2D eigenvalue weighted by molar-refractivity contribution is 8.13. The van der Waals surface area contributed by atoms with Gasteiger partial charge in [0, 0.05) is 30.9 Å². The zero-order valence-corrected chi connectivity index (χ0v) is 11.8. The zero-order chi connectivity index (χ0) is 11.9. The minimum Gasteiger partial charge on any atom is -0.361 e. The van der Waals surface area contributed by atoms with Gasteiger partial charge in [0.25, 0.3) is 0 Å². The minimum atomic E-state index is 0.648. The van der Waals surface area contributed by atoms with Crippen LogP contribution >= 0.6 is 11.8 Å². The molecule has 2 aliphatic carbocycles. The van der Waals surface area contributed by atoms with Crippen molar-refractivity contribution in [3.63, 3.8) is 0 Å². The van der Waals surface area contributed by atoms with E-state index in [-0.39, 0.29) is 0 Å². The number of hydrogen-bond donors (Lipinski definition) is 1. The second-order valence-corrected chi connectivity index (χ2v) is 7.37. The van der Waals surface area contributed by atoms with Crippen molar-refractivity contribution in [2.24, 2.45) is 10.9 Å². The Morgan fingerprint density at radius 3 is 3.00 bits per heavy atom. The molecule has 18 heavy (non-hydrogen) atoms. The lowest BCUT2D eigenvalue weighted by Crippen LogP contribution is -2.39. The molecule has 0 spiro atoms. The maximum Gasteiger partial charge on any atom is 0.157 e. The Balaban J connectivity index is 1.34. The minimum absolute atomic E-state index is 0.648. The molecule has 100 valence electrons. The van der Waals surface area contributed by atoms with Gasteiger partial charge >= 0.3 is 0 Å². The van der Waals surface area contributed by atoms with Crippen molar-refractivity contribution in [3.8, 4) is 0 Å². The predicted octanol–water partition coefficient (Wildman–Crippen LogP) is 2.08. The topological polar surface area (TPSA) is 27.6 Å². The Bertz CT molecular complexity index is 353. The normalized spacial score (nSPS) is 40.7. The van der Waals surface area contributed by atoms with Crippen molar-refractivity contribution >= 4 is 16.9 Å². The quantitative estimate of drug-likeness (QED) is 0.828. The molecule has 0 aromatic heterocycles. The summed E-state index contributed by atoms with van der Waals surface area (Å²) >= 11 is 1.97. The van der Waals surface area contributed by atoms with Crippen LogP contribution in [0.1, 0.15) is 38.5 Å². The number of likely N-dealkylation sites (tertiary alicyclic amines) is 1. The Kier molecular flexibility index (Phi) is 3.03. The van der Waals surface area contributed by atoms with E-state index in [4.69, 9.17) is 4.99 Å². The van der Waals surface area contributed by atoms with E-state index in [1.165, 1.54) is 62.5 Å². The van der Waals surface area contributed by atoms with Gasteiger partial charge in [-0.25, -0.2) is 0 Å². The molecule has 4 heteroatoms. The third-order valence-electron chi connectivity index (χ3n) is 4.95. The molecule has 2 saturated carbocycles. The summed E-state index contributed by atoms with van der Waals surface area (Å²) in [4.78, 5) is 7.61. The van der Waals surface area contributed by atoms with E-state index < -0.39 is 0 Å². The highest BCUT2D eigenvalue weighted by atomic mass is 32.2. The van der Waals surface area contributed by atoms with Crippen LogP contribution in [0.25, 0.3) is 0 Å². The summed E-state index contributed by atoms with van der Waals surface area (Å²) in [5, 5.41) is 4.97. The van der Waals surface area contributed by atoms with E-state index in [1.54, 1.807) is 0 Å². The van der Waals surface area contributed by atoms with Crippen molar-refractivity contribution in [3.05, 3.63) is 0 Å². The highest BCUT2D eigenvalue weighted by Gasteiger charge is 2.36. The number of amidine groups is 1. The van der Waals surface area contributed by atoms with Crippen molar-refractivity contribution < 1.29 is 0 Å². The lowest BCUT2D eigenvalue weighted by Gasteiger charge is -2.25. The largest absolute Gasteiger partial charge is 0.361 e. The first-order chi connectivity index (χ1) is 8.88. The zero-order valence-electron chi connectivity index (χ0n) is 11.0. The molecule has 2 heterocycles. The fourth-order valence-corrected chi connectivity index (χ4v) is 4.91. The summed E-state index contributed by atoms with van der Waals surface area (Å²) in [6.07, 6.45) is 8.32. The molecule has 4 aliphatic rings. The first-order valence-corrected chi connectivity index (χ1v) is 8.58. The number of nitrogens with one attached hydrogen (secondary N) is 1. The number of thioether (sulfide) groups is 1. The van der Waals surface area contributed by atoms with Crippen LogP contribution in [0, 0.1) is 5.92 Å². The first-order valence-electron chi connectivity index (χ1n) is 7.60. The highest BCUT2D eigenvalue weighted by Crippen LogP contribution is 2.35. The third kappa shape index (κ3) is 2.29. The van der Waals surface area contributed by atoms with Crippen LogP contribution in [-0.2, 0) is 0 Å². The molecular weight excluding hydrogens is 242 g/mol. The average molecular weight is 265 g/mol. The van der Waals surface area contributed by atoms with Crippen LogP contribution in [0.3, 0.4) is 0 Å². The lowest BCUT2D eigenvalue weighted by atomic mass is 10.1. The molecule has 3 nitrogen and oxygen atoms in total. The van der Waals surface area contributed by atoms with Crippen LogP contribution < -0.4 is 5.32 Å². The van der Waals surface area contributed by atoms with E-state index in [0.29, 0.717) is 12.1 Å². The van der Waals surface area contributed by atoms with Gasteiger partial charge in [0.1, 0.15) is 0 Å². The van der Waals surface area contributed by atoms with Crippen LogP contribution in [0.2, 0.25) is 0 Å². The van der Waals surface area contributed by atoms with Crippen LogP contribution in [-0.4, -0.2) is 47.0 Å². The molecule has 1 saturated heterocycles.